The van der Waals surface area contributed by atoms with E-state index in [1.807, 2.05) is 0 Å². The van der Waals surface area contributed by atoms with E-state index in [0.29, 0.717) is 0 Å². The van der Waals surface area contributed by atoms with Gasteiger partial charge in [0.15, 0.2) is 0 Å². The molecule has 0 aliphatic heterocycles. The maximum Gasteiger partial charge on any atom is 0.227 e. The first-order valence-corrected chi connectivity index (χ1v) is 9.12. The summed E-state index contributed by atoms with van der Waals surface area (Å²) in [6, 6.07) is 0. The van der Waals surface area contributed by atoms with E-state index in [0.717, 1.165) is 30.2 Å². The molecule has 0 unspecified atom stereocenters. The molecule has 1 amide bonds. The maximum absolute atomic E-state index is 12.4. The number of nitrogens with one attached hydrogen (secondary N) is 1. The molecule has 1 aliphatic rings. The monoisotopic (exact) mass is 309 g/mol. The zero-order chi connectivity index (χ0) is 15.8. The summed E-state index contributed by atoms with van der Waals surface area (Å²) in [7, 11) is 0. The van der Waals surface area contributed by atoms with Crippen LogP contribution in [0.1, 0.15) is 73.1 Å². The summed E-state index contributed by atoms with van der Waals surface area (Å²) in [6.45, 7) is 10.7. The molecule has 0 heterocycles. The molecule has 0 aromatic heterocycles. The Morgan fingerprint density at radius 2 is 1.76 bits per heavy atom. The first-order valence-electron chi connectivity index (χ1n) is 8.30. The van der Waals surface area contributed by atoms with Crippen LogP contribution in [0.15, 0.2) is 21.6 Å². The Morgan fingerprint density at radius 1 is 1.14 bits per heavy atom. The first kappa shape index (κ1) is 18.3. The zero-order valence-corrected chi connectivity index (χ0v) is 15.1. The average Bonchev–Trinajstić information content (AvgIpc) is 2.47. The summed E-state index contributed by atoms with van der Waals surface area (Å²) in [5.41, 5.74) is 1.31. The summed E-state index contributed by atoms with van der Waals surface area (Å²) in [5, 5.41) is 4.16. The van der Waals surface area contributed by atoms with Gasteiger partial charge < -0.3 is 5.32 Å². The van der Waals surface area contributed by atoms with Crippen LogP contribution in [0.5, 0.6) is 0 Å². The van der Waals surface area contributed by atoms with Crippen molar-refractivity contribution in [3.8, 4) is 0 Å². The van der Waals surface area contributed by atoms with E-state index in [1.54, 1.807) is 11.8 Å². The van der Waals surface area contributed by atoms with Crippen LogP contribution in [0, 0.1) is 11.8 Å². The van der Waals surface area contributed by atoms with Crippen molar-refractivity contribution in [1.29, 1.82) is 0 Å². The first-order chi connectivity index (χ1) is 9.97. The molecule has 0 radical (unpaired) electrons. The Morgan fingerprint density at radius 3 is 2.24 bits per heavy atom. The van der Waals surface area contributed by atoms with Crippen molar-refractivity contribution in [2.75, 3.05) is 0 Å². The molecule has 3 heteroatoms. The summed E-state index contributed by atoms with van der Waals surface area (Å²) < 4.78 is 0. The number of carbonyl (C=O) groups excluding carboxylic acids is 1. The van der Waals surface area contributed by atoms with Gasteiger partial charge in [-0.25, -0.2) is 0 Å². The molecule has 1 saturated carbocycles. The molecule has 120 valence electrons. The fourth-order valence-electron chi connectivity index (χ4n) is 2.63. The number of amides is 1. The quantitative estimate of drug-likeness (QED) is 0.690. The fourth-order valence-corrected chi connectivity index (χ4v) is 3.56. The summed E-state index contributed by atoms with van der Waals surface area (Å²) >= 11 is 1.68. The van der Waals surface area contributed by atoms with Gasteiger partial charge in [-0.1, -0.05) is 43.7 Å². The predicted octanol–water partition coefficient (Wildman–Crippen LogP) is 5.62. The van der Waals surface area contributed by atoms with Crippen molar-refractivity contribution in [2.24, 2.45) is 11.8 Å². The van der Waals surface area contributed by atoms with E-state index >= 15 is 0 Å². The number of rotatable bonds is 6. The number of thioether (sulfide) groups is 1. The van der Waals surface area contributed by atoms with Gasteiger partial charge in [0.2, 0.25) is 5.91 Å². The Bertz CT molecular complexity index is 399. The molecule has 0 aromatic rings. The molecule has 0 aromatic carbocycles. The lowest BCUT2D eigenvalue weighted by Crippen LogP contribution is -2.32. The SMILES string of the molecule is CC/C=C(\NC(=O)C1CCC(CC)CC1)SC(C)=C(C)C. The van der Waals surface area contributed by atoms with Crippen LogP contribution in [0.25, 0.3) is 0 Å². The minimum atomic E-state index is 0.209. The average molecular weight is 310 g/mol. The molecule has 0 saturated heterocycles. The highest BCUT2D eigenvalue weighted by Gasteiger charge is 2.25. The highest BCUT2D eigenvalue weighted by atomic mass is 32.2. The molecule has 0 spiro atoms. The van der Waals surface area contributed by atoms with Crippen LogP contribution in [0.4, 0.5) is 0 Å². The van der Waals surface area contributed by atoms with E-state index in [1.165, 1.54) is 29.7 Å². The standard InChI is InChI=1S/C18H31NOS/c1-6-8-17(21-14(5)13(3)4)19-18(20)16-11-9-15(7-2)10-12-16/h8,15-16H,6-7,9-12H2,1-5H3,(H,19,20)/b17-8+. The van der Waals surface area contributed by atoms with E-state index in [2.05, 4.69) is 46.0 Å². The van der Waals surface area contributed by atoms with Crippen molar-refractivity contribution in [2.45, 2.75) is 73.1 Å². The Balaban J connectivity index is 2.58. The van der Waals surface area contributed by atoms with Gasteiger partial charge in [-0.15, -0.1) is 0 Å². The van der Waals surface area contributed by atoms with Gasteiger partial charge in [0, 0.05) is 5.92 Å². The second-order valence-corrected chi connectivity index (χ2v) is 7.51. The lowest BCUT2D eigenvalue weighted by Gasteiger charge is -2.27. The van der Waals surface area contributed by atoms with Crippen LogP contribution in [0.2, 0.25) is 0 Å². The molecule has 1 N–H and O–H groups in total. The minimum Gasteiger partial charge on any atom is -0.320 e. The third-order valence-corrected chi connectivity index (χ3v) is 5.60. The van der Waals surface area contributed by atoms with Crippen molar-refractivity contribution in [1.82, 2.24) is 5.32 Å². The lowest BCUT2D eigenvalue weighted by molar-refractivity contribution is -0.125. The minimum absolute atomic E-state index is 0.209. The summed E-state index contributed by atoms with van der Waals surface area (Å²) in [4.78, 5) is 13.7. The third kappa shape index (κ3) is 6.29. The van der Waals surface area contributed by atoms with E-state index in [-0.39, 0.29) is 11.8 Å². The second kappa shape index (κ2) is 9.34. The largest absolute Gasteiger partial charge is 0.320 e. The number of carbonyl (C=O) groups is 1. The number of hydrogen-bond donors (Lipinski definition) is 1. The van der Waals surface area contributed by atoms with Crippen molar-refractivity contribution >= 4 is 17.7 Å². The lowest BCUT2D eigenvalue weighted by atomic mass is 9.80. The van der Waals surface area contributed by atoms with E-state index in [9.17, 15) is 4.79 Å². The topological polar surface area (TPSA) is 29.1 Å². The third-order valence-electron chi connectivity index (χ3n) is 4.40. The van der Waals surface area contributed by atoms with Crippen LogP contribution < -0.4 is 5.32 Å². The van der Waals surface area contributed by atoms with Gasteiger partial charge in [0.05, 0.1) is 5.03 Å². The zero-order valence-electron chi connectivity index (χ0n) is 14.3. The Labute approximate surface area is 134 Å². The highest BCUT2D eigenvalue weighted by Crippen LogP contribution is 2.32. The van der Waals surface area contributed by atoms with Crippen molar-refractivity contribution in [3.63, 3.8) is 0 Å². The smallest absolute Gasteiger partial charge is 0.227 e. The molecule has 0 atom stereocenters. The normalized spacial score (nSPS) is 22.8. The molecule has 2 nitrogen and oxygen atoms in total. The number of hydrogen-bond acceptors (Lipinski definition) is 2. The molecule has 1 rings (SSSR count). The maximum atomic E-state index is 12.4. The van der Waals surface area contributed by atoms with Crippen molar-refractivity contribution in [3.05, 3.63) is 21.6 Å². The van der Waals surface area contributed by atoms with E-state index in [4.69, 9.17) is 0 Å². The van der Waals surface area contributed by atoms with Crippen LogP contribution in [-0.4, -0.2) is 5.91 Å². The molecule has 21 heavy (non-hydrogen) atoms. The number of allylic oxidation sites excluding steroid dienone is 3. The highest BCUT2D eigenvalue weighted by molar-refractivity contribution is 8.06. The molecule has 0 bridgehead atoms. The van der Waals surface area contributed by atoms with Crippen LogP contribution in [0.3, 0.4) is 0 Å². The molecule has 1 fully saturated rings. The van der Waals surface area contributed by atoms with Gasteiger partial charge in [-0.2, -0.15) is 0 Å². The summed E-state index contributed by atoms with van der Waals surface area (Å²) in [6.07, 6.45) is 8.84. The molecular formula is C18H31NOS. The van der Waals surface area contributed by atoms with Gasteiger partial charge >= 0.3 is 0 Å². The summed E-state index contributed by atoms with van der Waals surface area (Å²) in [5.74, 6) is 1.26. The van der Waals surface area contributed by atoms with Crippen LogP contribution >= 0.6 is 11.8 Å². The van der Waals surface area contributed by atoms with E-state index < -0.39 is 0 Å². The van der Waals surface area contributed by atoms with Crippen LogP contribution in [-0.2, 0) is 4.79 Å². The fraction of sp³-hybridized carbons (Fsp3) is 0.722. The Kier molecular flexibility index (Phi) is 8.16. The van der Waals surface area contributed by atoms with Crippen molar-refractivity contribution < 1.29 is 4.79 Å². The van der Waals surface area contributed by atoms with Gasteiger partial charge in [-0.05, 0) is 63.7 Å². The Hall–Kier alpha value is -0.700. The predicted molar refractivity (Wildman–Crippen MR) is 93.9 cm³/mol. The van der Waals surface area contributed by atoms with Gasteiger partial charge in [-0.3, -0.25) is 4.79 Å². The molecule has 1 aliphatic carbocycles. The van der Waals surface area contributed by atoms with Gasteiger partial charge in [0.25, 0.3) is 0 Å². The molecular weight excluding hydrogens is 278 g/mol. The van der Waals surface area contributed by atoms with Gasteiger partial charge in [0.1, 0.15) is 0 Å². The second-order valence-electron chi connectivity index (χ2n) is 6.25.